The zero-order chi connectivity index (χ0) is 15.1. The molecule has 2 atom stereocenters. The van der Waals surface area contributed by atoms with Gasteiger partial charge in [0.25, 0.3) is 0 Å². The van der Waals surface area contributed by atoms with Crippen LogP contribution >= 0.6 is 0 Å². The summed E-state index contributed by atoms with van der Waals surface area (Å²) in [5.41, 5.74) is 6.05. The molecule has 0 aliphatic heterocycles. The van der Waals surface area contributed by atoms with Gasteiger partial charge in [0, 0.05) is 0 Å². The minimum absolute atomic E-state index is 0.663. The maximum Gasteiger partial charge on any atom is 0.119 e. The standard InChI is InChI=1S/C20H22O2/c1-21-15-5-9-17-13(11-15)3-7-20-18-10-6-16(22-2)12-14(18)4-8-19(17)20/h5-6,9-12,19-20H,3-4,7-8H2,1-2H3/t19-,20-/m1/s1. The third kappa shape index (κ3) is 2.09. The number of ether oxygens (including phenoxy) is 2. The Hall–Kier alpha value is -1.96. The smallest absolute Gasteiger partial charge is 0.119 e. The van der Waals surface area contributed by atoms with Crippen LogP contribution in [0.5, 0.6) is 11.5 Å². The molecule has 2 heteroatoms. The van der Waals surface area contributed by atoms with Gasteiger partial charge in [-0.05, 0) is 84.0 Å². The van der Waals surface area contributed by atoms with E-state index in [4.69, 9.17) is 9.47 Å². The largest absolute Gasteiger partial charge is 0.497 e. The predicted molar refractivity (Wildman–Crippen MR) is 88.1 cm³/mol. The lowest BCUT2D eigenvalue weighted by molar-refractivity contribution is 0.400. The molecule has 0 radical (unpaired) electrons. The lowest BCUT2D eigenvalue weighted by atomic mass is 9.66. The van der Waals surface area contributed by atoms with Gasteiger partial charge in [-0.1, -0.05) is 12.1 Å². The van der Waals surface area contributed by atoms with Crippen molar-refractivity contribution in [2.24, 2.45) is 0 Å². The van der Waals surface area contributed by atoms with E-state index in [1.807, 2.05) is 0 Å². The van der Waals surface area contributed by atoms with Crippen LogP contribution in [0.25, 0.3) is 0 Å². The van der Waals surface area contributed by atoms with E-state index in [0.717, 1.165) is 24.3 Å². The van der Waals surface area contributed by atoms with E-state index < -0.39 is 0 Å². The lowest BCUT2D eigenvalue weighted by Gasteiger charge is -2.39. The van der Waals surface area contributed by atoms with Crippen molar-refractivity contribution < 1.29 is 9.47 Å². The zero-order valence-corrected chi connectivity index (χ0v) is 13.3. The van der Waals surface area contributed by atoms with E-state index in [2.05, 4.69) is 36.4 Å². The summed E-state index contributed by atoms with van der Waals surface area (Å²) in [6, 6.07) is 13.3. The maximum atomic E-state index is 5.38. The molecule has 0 fully saturated rings. The fourth-order valence-electron chi connectivity index (χ4n) is 4.34. The van der Waals surface area contributed by atoms with Crippen molar-refractivity contribution in [2.45, 2.75) is 37.5 Å². The maximum absolute atomic E-state index is 5.38. The topological polar surface area (TPSA) is 18.5 Å². The fourth-order valence-corrected chi connectivity index (χ4v) is 4.34. The van der Waals surface area contributed by atoms with Gasteiger partial charge in [-0.25, -0.2) is 0 Å². The summed E-state index contributed by atoms with van der Waals surface area (Å²) in [5, 5.41) is 0. The van der Waals surface area contributed by atoms with Crippen LogP contribution in [-0.2, 0) is 12.8 Å². The van der Waals surface area contributed by atoms with Crippen LogP contribution in [0, 0.1) is 0 Å². The molecule has 0 unspecified atom stereocenters. The first-order chi connectivity index (χ1) is 10.8. The lowest BCUT2D eigenvalue weighted by Crippen LogP contribution is -2.24. The number of aryl methyl sites for hydroxylation is 2. The highest BCUT2D eigenvalue weighted by Crippen LogP contribution is 2.49. The van der Waals surface area contributed by atoms with Crippen molar-refractivity contribution in [2.75, 3.05) is 14.2 Å². The second-order valence-corrected chi connectivity index (χ2v) is 6.42. The molecule has 2 aliphatic carbocycles. The molecule has 2 aromatic rings. The van der Waals surface area contributed by atoms with Gasteiger partial charge < -0.3 is 9.47 Å². The number of fused-ring (bicyclic) bond motifs is 5. The SMILES string of the molecule is COc1ccc2c(c1)CC[C@@H]1c3ccc(OC)cc3CC[C@H]21. The van der Waals surface area contributed by atoms with E-state index in [-0.39, 0.29) is 0 Å². The number of methoxy groups -OCH3 is 2. The Morgan fingerprint density at radius 2 is 1.18 bits per heavy atom. The highest BCUT2D eigenvalue weighted by molar-refractivity contribution is 5.47. The molecule has 0 heterocycles. The van der Waals surface area contributed by atoms with Gasteiger partial charge in [-0.3, -0.25) is 0 Å². The molecule has 2 aliphatic rings. The highest BCUT2D eigenvalue weighted by Gasteiger charge is 2.34. The van der Waals surface area contributed by atoms with Crippen molar-refractivity contribution in [1.29, 1.82) is 0 Å². The number of benzene rings is 2. The van der Waals surface area contributed by atoms with Crippen molar-refractivity contribution in [3.8, 4) is 11.5 Å². The summed E-state index contributed by atoms with van der Waals surface area (Å²) >= 11 is 0. The van der Waals surface area contributed by atoms with Crippen LogP contribution in [-0.4, -0.2) is 14.2 Å². The average Bonchev–Trinajstić information content (AvgIpc) is 2.59. The zero-order valence-electron chi connectivity index (χ0n) is 13.3. The van der Waals surface area contributed by atoms with Gasteiger partial charge in [0.1, 0.15) is 11.5 Å². The second-order valence-electron chi connectivity index (χ2n) is 6.42. The summed E-state index contributed by atoms with van der Waals surface area (Å²) in [5.74, 6) is 3.29. The number of hydrogen-bond acceptors (Lipinski definition) is 2. The molecule has 0 saturated carbocycles. The van der Waals surface area contributed by atoms with Gasteiger partial charge in [0.15, 0.2) is 0 Å². The predicted octanol–water partition coefficient (Wildman–Crippen LogP) is 4.46. The second kappa shape index (κ2) is 5.35. The minimum Gasteiger partial charge on any atom is -0.497 e. The molecule has 0 N–H and O–H groups in total. The summed E-state index contributed by atoms with van der Waals surface area (Å²) in [6.45, 7) is 0. The van der Waals surface area contributed by atoms with Gasteiger partial charge in [-0.15, -0.1) is 0 Å². The number of hydrogen-bond donors (Lipinski definition) is 0. The van der Waals surface area contributed by atoms with Crippen molar-refractivity contribution in [3.63, 3.8) is 0 Å². The summed E-state index contributed by atoms with van der Waals surface area (Å²) in [6.07, 6.45) is 4.78. The highest BCUT2D eigenvalue weighted by atomic mass is 16.5. The number of rotatable bonds is 2. The van der Waals surface area contributed by atoms with Crippen LogP contribution in [0.15, 0.2) is 36.4 Å². The summed E-state index contributed by atoms with van der Waals surface area (Å²) in [4.78, 5) is 0. The van der Waals surface area contributed by atoms with Crippen LogP contribution in [0.1, 0.15) is 46.9 Å². The first-order valence-electron chi connectivity index (χ1n) is 8.14. The Morgan fingerprint density at radius 1 is 0.727 bits per heavy atom. The third-order valence-corrected chi connectivity index (χ3v) is 5.43. The van der Waals surface area contributed by atoms with Crippen LogP contribution in [0.3, 0.4) is 0 Å². The molecule has 0 amide bonds. The third-order valence-electron chi connectivity index (χ3n) is 5.43. The molecule has 2 nitrogen and oxygen atoms in total. The average molecular weight is 294 g/mol. The Morgan fingerprint density at radius 3 is 1.59 bits per heavy atom. The molecule has 4 rings (SSSR count). The molecule has 0 spiro atoms. The Balaban J connectivity index is 1.73. The molecule has 0 bridgehead atoms. The van der Waals surface area contributed by atoms with E-state index in [1.54, 1.807) is 25.3 Å². The molecule has 2 aromatic carbocycles. The molecule has 114 valence electrons. The normalized spacial score (nSPS) is 22.3. The molecular formula is C20H22O2. The van der Waals surface area contributed by atoms with E-state index in [0.29, 0.717) is 11.8 Å². The first-order valence-corrected chi connectivity index (χ1v) is 8.14. The molecular weight excluding hydrogens is 272 g/mol. The van der Waals surface area contributed by atoms with Crippen LogP contribution < -0.4 is 9.47 Å². The monoisotopic (exact) mass is 294 g/mol. The Labute approximate surface area is 132 Å². The molecule has 0 saturated heterocycles. The van der Waals surface area contributed by atoms with E-state index in [1.165, 1.54) is 24.0 Å². The molecule has 22 heavy (non-hydrogen) atoms. The van der Waals surface area contributed by atoms with Crippen molar-refractivity contribution >= 4 is 0 Å². The van der Waals surface area contributed by atoms with Crippen molar-refractivity contribution in [1.82, 2.24) is 0 Å². The van der Waals surface area contributed by atoms with Gasteiger partial charge in [0.05, 0.1) is 14.2 Å². The van der Waals surface area contributed by atoms with Gasteiger partial charge in [0.2, 0.25) is 0 Å². The molecule has 0 aromatic heterocycles. The van der Waals surface area contributed by atoms with Crippen molar-refractivity contribution in [3.05, 3.63) is 58.7 Å². The van der Waals surface area contributed by atoms with Crippen LogP contribution in [0.4, 0.5) is 0 Å². The van der Waals surface area contributed by atoms with Gasteiger partial charge in [-0.2, -0.15) is 0 Å². The van der Waals surface area contributed by atoms with E-state index in [9.17, 15) is 0 Å². The summed E-state index contributed by atoms with van der Waals surface area (Å²) in [7, 11) is 3.50. The fraction of sp³-hybridized carbons (Fsp3) is 0.400. The minimum atomic E-state index is 0.663. The Bertz CT molecular complexity index is 643. The van der Waals surface area contributed by atoms with E-state index >= 15 is 0 Å². The van der Waals surface area contributed by atoms with Gasteiger partial charge >= 0.3 is 0 Å². The quantitative estimate of drug-likeness (QED) is 0.814. The first kappa shape index (κ1) is 13.7. The summed E-state index contributed by atoms with van der Waals surface area (Å²) < 4.78 is 10.8. The Kier molecular flexibility index (Phi) is 3.33. The van der Waals surface area contributed by atoms with Crippen LogP contribution in [0.2, 0.25) is 0 Å².